The fourth-order valence-corrected chi connectivity index (χ4v) is 4.49. The number of nitrogens with zero attached hydrogens (tertiary/aromatic N) is 4. The average Bonchev–Trinajstić information content (AvgIpc) is 3.21. The van der Waals surface area contributed by atoms with Crippen molar-refractivity contribution in [2.75, 3.05) is 5.32 Å². The van der Waals surface area contributed by atoms with E-state index >= 15 is 0 Å². The van der Waals surface area contributed by atoms with Gasteiger partial charge in [-0.2, -0.15) is 0 Å². The second-order valence-corrected chi connectivity index (χ2v) is 8.46. The van der Waals surface area contributed by atoms with Crippen LogP contribution < -0.4 is 10.9 Å². The Morgan fingerprint density at radius 1 is 1.18 bits per heavy atom. The van der Waals surface area contributed by atoms with E-state index in [2.05, 4.69) is 20.5 Å². The van der Waals surface area contributed by atoms with Crippen LogP contribution in [-0.2, 0) is 11.3 Å². The third-order valence-corrected chi connectivity index (χ3v) is 5.84. The summed E-state index contributed by atoms with van der Waals surface area (Å²) in [6.07, 6.45) is 1.36. The Morgan fingerprint density at radius 3 is 2.61 bits per heavy atom. The highest BCUT2D eigenvalue weighted by atomic mass is 32.1. The summed E-state index contributed by atoms with van der Waals surface area (Å²) in [5.41, 5.74) is 1.12. The predicted molar refractivity (Wildman–Crippen MR) is 107 cm³/mol. The lowest BCUT2D eigenvalue weighted by Crippen LogP contribution is -2.27. The van der Waals surface area contributed by atoms with Gasteiger partial charge in [-0.3, -0.25) is 19.5 Å². The summed E-state index contributed by atoms with van der Waals surface area (Å²) in [4.78, 5) is 31.1. The number of carbonyl (C=O) groups is 1. The van der Waals surface area contributed by atoms with Crippen LogP contribution in [0.2, 0.25) is 0 Å². The van der Waals surface area contributed by atoms with Crippen molar-refractivity contribution in [3.8, 4) is 11.1 Å². The molecule has 10 heteroatoms. The molecule has 0 saturated carbocycles. The van der Waals surface area contributed by atoms with Gasteiger partial charge in [0.05, 0.1) is 11.7 Å². The van der Waals surface area contributed by atoms with Gasteiger partial charge in [0.25, 0.3) is 5.56 Å². The Hall–Kier alpha value is -2.98. The van der Waals surface area contributed by atoms with Crippen LogP contribution in [-0.4, -0.2) is 25.7 Å². The van der Waals surface area contributed by atoms with Gasteiger partial charge in [-0.15, -0.1) is 21.5 Å². The lowest BCUT2D eigenvalue weighted by molar-refractivity contribution is -0.116. The number of carbonyl (C=O) groups excluding carboxylic acids is 1. The standard InChI is InChI=1S/C18H14FN5O2S2/c1-9-14(11-3-5-12(19)6-4-11)15-16(27-9)20-8-24(17(15)26)7-13(25)21-18-23-22-10(2)28-18/h3-6,8H,7H2,1-2H3,(H,21,23,25). The number of nitrogens with one attached hydrogen (secondary N) is 1. The van der Waals surface area contributed by atoms with E-state index in [9.17, 15) is 14.0 Å². The van der Waals surface area contributed by atoms with E-state index in [-0.39, 0.29) is 17.9 Å². The normalized spacial score (nSPS) is 11.1. The van der Waals surface area contributed by atoms with E-state index in [1.54, 1.807) is 19.1 Å². The maximum Gasteiger partial charge on any atom is 0.263 e. The largest absolute Gasteiger partial charge is 0.299 e. The third-order valence-electron chi connectivity index (χ3n) is 4.07. The first kappa shape index (κ1) is 18.4. The van der Waals surface area contributed by atoms with E-state index in [1.165, 1.54) is 45.7 Å². The second-order valence-electron chi connectivity index (χ2n) is 6.07. The molecule has 7 nitrogen and oxygen atoms in total. The first-order valence-corrected chi connectivity index (χ1v) is 9.90. The molecule has 3 aromatic heterocycles. The maximum absolute atomic E-state index is 13.3. The van der Waals surface area contributed by atoms with Gasteiger partial charge < -0.3 is 0 Å². The zero-order valence-corrected chi connectivity index (χ0v) is 16.5. The molecular formula is C18H14FN5O2S2. The van der Waals surface area contributed by atoms with Crippen LogP contribution >= 0.6 is 22.7 Å². The van der Waals surface area contributed by atoms with Crippen molar-refractivity contribution in [2.24, 2.45) is 0 Å². The number of hydrogen-bond donors (Lipinski definition) is 1. The quantitative estimate of drug-likeness (QED) is 0.552. The van der Waals surface area contributed by atoms with Gasteiger partial charge in [-0.25, -0.2) is 9.37 Å². The second kappa shape index (κ2) is 7.21. The highest BCUT2D eigenvalue weighted by Gasteiger charge is 2.18. The number of halogens is 1. The number of thiophene rings is 1. The molecule has 0 fully saturated rings. The van der Waals surface area contributed by atoms with Crippen molar-refractivity contribution >= 4 is 43.9 Å². The molecule has 0 radical (unpaired) electrons. The minimum absolute atomic E-state index is 0.196. The zero-order chi connectivity index (χ0) is 19.8. The molecule has 1 aromatic carbocycles. The first-order chi connectivity index (χ1) is 13.4. The number of anilines is 1. The van der Waals surface area contributed by atoms with Gasteiger partial charge in [0, 0.05) is 10.4 Å². The van der Waals surface area contributed by atoms with Crippen LogP contribution in [0, 0.1) is 19.7 Å². The molecule has 0 aliphatic rings. The van der Waals surface area contributed by atoms with Gasteiger partial charge in [0.1, 0.15) is 22.2 Å². The third kappa shape index (κ3) is 3.43. The summed E-state index contributed by atoms with van der Waals surface area (Å²) in [5, 5.41) is 11.8. The smallest absolute Gasteiger partial charge is 0.263 e. The number of aryl methyl sites for hydroxylation is 2. The van der Waals surface area contributed by atoms with E-state index < -0.39 is 5.91 Å². The Balaban J connectivity index is 1.72. The molecule has 28 heavy (non-hydrogen) atoms. The van der Waals surface area contributed by atoms with Gasteiger partial charge in [-0.1, -0.05) is 23.5 Å². The van der Waals surface area contributed by atoms with Gasteiger partial charge in [-0.05, 0) is 31.5 Å². The number of benzene rings is 1. The van der Waals surface area contributed by atoms with Crippen molar-refractivity contribution in [3.63, 3.8) is 0 Å². The topological polar surface area (TPSA) is 89.8 Å². The monoisotopic (exact) mass is 415 g/mol. The van der Waals surface area contributed by atoms with Crippen LogP contribution in [0.15, 0.2) is 35.4 Å². The molecule has 0 spiro atoms. The number of fused-ring (bicyclic) bond motifs is 1. The Morgan fingerprint density at radius 2 is 1.93 bits per heavy atom. The summed E-state index contributed by atoms with van der Waals surface area (Å²) >= 11 is 2.64. The van der Waals surface area contributed by atoms with Gasteiger partial charge in [0.2, 0.25) is 11.0 Å². The summed E-state index contributed by atoms with van der Waals surface area (Å²) in [6, 6.07) is 5.96. The van der Waals surface area contributed by atoms with Crippen molar-refractivity contribution < 1.29 is 9.18 Å². The molecule has 0 bridgehead atoms. The van der Waals surface area contributed by atoms with E-state index in [0.29, 0.717) is 20.9 Å². The first-order valence-electron chi connectivity index (χ1n) is 8.27. The summed E-state index contributed by atoms with van der Waals surface area (Å²) in [5.74, 6) is -0.741. The molecule has 142 valence electrons. The van der Waals surface area contributed by atoms with E-state index in [4.69, 9.17) is 0 Å². The molecule has 1 N–H and O–H groups in total. The number of amides is 1. The Labute approximate surface area is 166 Å². The molecule has 0 unspecified atom stereocenters. The minimum Gasteiger partial charge on any atom is -0.299 e. The fourth-order valence-electron chi connectivity index (χ4n) is 2.87. The van der Waals surface area contributed by atoms with E-state index in [0.717, 1.165) is 15.4 Å². The minimum atomic E-state index is -0.394. The fraction of sp³-hybridized carbons (Fsp3) is 0.167. The number of hydrogen-bond acceptors (Lipinski definition) is 7. The number of aromatic nitrogens is 4. The van der Waals surface area contributed by atoms with Crippen LogP contribution in [0.3, 0.4) is 0 Å². The molecule has 0 saturated heterocycles. The van der Waals surface area contributed by atoms with Crippen molar-refractivity contribution in [2.45, 2.75) is 20.4 Å². The lowest BCUT2D eigenvalue weighted by Gasteiger charge is -2.06. The highest BCUT2D eigenvalue weighted by molar-refractivity contribution is 7.19. The van der Waals surface area contributed by atoms with Crippen LogP contribution in [0.4, 0.5) is 9.52 Å². The summed E-state index contributed by atoms with van der Waals surface area (Å²) in [7, 11) is 0. The molecule has 1 amide bonds. The molecule has 0 aliphatic carbocycles. The molecule has 0 aliphatic heterocycles. The van der Waals surface area contributed by atoms with Gasteiger partial charge in [0.15, 0.2) is 0 Å². The molecule has 0 atom stereocenters. The maximum atomic E-state index is 13.3. The Kier molecular flexibility index (Phi) is 4.73. The molecule has 4 rings (SSSR count). The van der Waals surface area contributed by atoms with Crippen LogP contribution in [0.1, 0.15) is 9.88 Å². The SMILES string of the molecule is Cc1nnc(NC(=O)Cn2cnc3sc(C)c(-c4ccc(F)cc4)c3c2=O)s1. The lowest BCUT2D eigenvalue weighted by atomic mass is 10.0. The highest BCUT2D eigenvalue weighted by Crippen LogP contribution is 2.35. The zero-order valence-electron chi connectivity index (χ0n) is 14.9. The molecular weight excluding hydrogens is 401 g/mol. The van der Waals surface area contributed by atoms with Crippen LogP contribution in [0.25, 0.3) is 21.3 Å². The van der Waals surface area contributed by atoms with Crippen molar-refractivity contribution in [1.82, 2.24) is 19.7 Å². The summed E-state index contributed by atoms with van der Waals surface area (Å²) < 4.78 is 14.5. The number of rotatable bonds is 4. The predicted octanol–water partition coefficient (Wildman–Crippen LogP) is 3.37. The van der Waals surface area contributed by atoms with Crippen molar-refractivity contribution in [1.29, 1.82) is 0 Å². The average molecular weight is 415 g/mol. The summed E-state index contributed by atoms with van der Waals surface area (Å²) in [6.45, 7) is 3.48. The Bertz CT molecular complexity index is 1240. The van der Waals surface area contributed by atoms with Gasteiger partial charge >= 0.3 is 0 Å². The molecule has 4 aromatic rings. The van der Waals surface area contributed by atoms with Crippen LogP contribution in [0.5, 0.6) is 0 Å². The van der Waals surface area contributed by atoms with Crippen molar-refractivity contribution in [3.05, 3.63) is 56.6 Å². The molecule has 3 heterocycles. The van der Waals surface area contributed by atoms with E-state index in [1.807, 2.05) is 6.92 Å².